The van der Waals surface area contributed by atoms with Gasteiger partial charge in [-0.3, -0.25) is 4.79 Å². The van der Waals surface area contributed by atoms with Crippen molar-refractivity contribution >= 4 is 62.8 Å². The van der Waals surface area contributed by atoms with E-state index in [9.17, 15) is 4.79 Å². The predicted molar refractivity (Wildman–Crippen MR) is 146 cm³/mol. The highest BCUT2D eigenvalue weighted by Gasteiger charge is 2.12. The van der Waals surface area contributed by atoms with Crippen molar-refractivity contribution in [1.82, 2.24) is 4.98 Å². The fourth-order valence-corrected chi connectivity index (χ4v) is 4.81. The van der Waals surface area contributed by atoms with Crippen LogP contribution in [0.25, 0.3) is 11.3 Å². The molecule has 34 heavy (non-hydrogen) atoms. The Morgan fingerprint density at radius 1 is 0.971 bits per heavy atom. The maximum atomic E-state index is 12.5. The summed E-state index contributed by atoms with van der Waals surface area (Å²) >= 11 is 8.21. The highest BCUT2D eigenvalue weighted by Crippen LogP contribution is 2.32. The molecule has 0 saturated heterocycles. The Hall–Kier alpha value is -3.40. The van der Waals surface area contributed by atoms with Gasteiger partial charge in [-0.05, 0) is 54.7 Å². The lowest BCUT2D eigenvalue weighted by Gasteiger charge is -2.11. The van der Waals surface area contributed by atoms with E-state index in [2.05, 4.69) is 20.9 Å². The number of hydrogen-bond donors (Lipinski definition) is 3. The van der Waals surface area contributed by atoms with Crippen molar-refractivity contribution in [2.45, 2.75) is 4.90 Å². The van der Waals surface area contributed by atoms with E-state index in [1.54, 1.807) is 7.11 Å². The second-order valence-electron chi connectivity index (χ2n) is 7.05. The molecule has 0 radical (unpaired) electrons. The van der Waals surface area contributed by atoms with E-state index in [0.717, 1.165) is 33.3 Å². The van der Waals surface area contributed by atoms with Gasteiger partial charge >= 0.3 is 0 Å². The number of thiocarbonyl (C=S) groups is 1. The number of carbonyl (C=O) groups excluding carboxylic acids is 1. The zero-order valence-corrected chi connectivity index (χ0v) is 20.7. The van der Waals surface area contributed by atoms with Crippen molar-refractivity contribution in [3.63, 3.8) is 0 Å². The number of nitrogens with one attached hydrogen (secondary N) is 3. The summed E-state index contributed by atoms with van der Waals surface area (Å²) in [6, 6.07) is 25.2. The number of anilines is 3. The van der Waals surface area contributed by atoms with E-state index in [1.807, 2.05) is 84.2 Å². The summed E-state index contributed by atoms with van der Waals surface area (Å²) in [4.78, 5) is 18.0. The Balaban J connectivity index is 1.30. The first-order chi connectivity index (χ1) is 16.6. The monoisotopic (exact) mass is 506 g/mol. The Labute approximate surface area is 211 Å². The number of thioether (sulfide) groups is 1. The molecule has 1 heterocycles. The highest BCUT2D eigenvalue weighted by atomic mass is 32.2. The number of benzene rings is 3. The summed E-state index contributed by atoms with van der Waals surface area (Å²) < 4.78 is 5.40. The minimum absolute atomic E-state index is 0.120. The second-order valence-corrected chi connectivity index (χ2v) is 9.36. The molecule has 0 aliphatic rings. The standard InChI is InChI=1S/C25H22N4O2S3/c1-31-22-13-6-5-12-20(22)21-15-34-25(28-21)29-23(30)16-33-19-11-7-10-18(14-19)27-24(32)26-17-8-3-2-4-9-17/h2-15H,16H2,1H3,(H2,26,27,32)(H,28,29,30). The van der Waals surface area contributed by atoms with E-state index in [0.29, 0.717) is 10.2 Å². The number of ether oxygens (including phenoxy) is 1. The largest absolute Gasteiger partial charge is 0.496 e. The van der Waals surface area contributed by atoms with E-state index in [-0.39, 0.29) is 11.7 Å². The van der Waals surface area contributed by atoms with Gasteiger partial charge in [0.2, 0.25) is 5.91 Å². The lowest BCUT2D eigenvalue weighted by atomic mass is 10.1. The molecule has 172 valence electrons. The molecule has 3 N–H and O–H groups in total. The maximum Gasteiger partial charge on any atom is 0.236 e. The lowest BCUT2D eigenvalue weighted by Crippen LogP contribution is -2.19. The summed E-state index contributed by atoms with van der Waals surface area (Å²) in [5.41, 5.74) is 3.42. The van der Waals surface area contributed by atoms with Gasteiger partial charge in [0.15, 0.2) is 10.2 Å². The number of amides is 1. The van der Waals surface area contributed by atoms with Crippen molar-refractivity contribution in [3.8, 4) is 17.0 Å². The van der Waals surface area contributed by atoms with Crippen LogP contribution in [-0.2, 0) is 4.79 Å². The number of para-hydroxylation sites is 2. The topological polar surface area (TPSA) is 75.3 Å². The maximum absolute atomic E-state index is 12.5. The van der Waals surface area contributed by atoms with Crippen molar-refractivity contribution in [3.05, 3.63) is 84.2 Å². The first kappa shape index (κ1) is 23.7. The quantitative estimate of drug-likeness (QED) is 0.190. The van der Waals surface area contributed by atoms with Crippen molar-refractivity contribution in [2.75, 3.05) is 28.8 Å². The molecule has 4 aromatic rings. The van der Waals surface area contributed by atoms with E-state index in [4.69, 9.17) is 17.0 Å². The smallest absolute Gasteiger partial charge is 0.236 e. The van der Waals surface area contributed by atoms with Crippen molar-refractivity contribution in [1.29, 1.82) is 0 Å². The Morgan fingerprint density at radius 3 is 2.53 bits per heavy atom. The van der Waals surface area contributed by atoms with Gasteiger partial charge in [0, 0.05) is 27.2 Å². The van der Waals surface area contributed by atoms with E-state index >= 15 is 0 Å². The van der Waals surface area contributed by atoms with E-state index < -0.39 is 0 Å². The van der Waals surface area contributed by atoms with Gasteiger partial charge in [-0.1, -0.05) is 36.4 Å². The second kappa shape index (κ2) is 11.6. The number of nitrogens with zero attached hydrogens (tertiary/aromatic N) is 1. The van der Waals surface area contributed by atoms with Crippen LogP contribution >= 0.6 is 35.3 Å². The summed E-state index contributed by atoms with van der Waals surface area (Å²) in [5, 5.41) is 12.2. The number of rotatable bonds is 8. The molecule has 0 spiro atoms. The SMILES string of the molecule is COc1ccccc1-c1csc(NC(=O)CSc2cccc(NC(=S)Nc3ccccc3)c2)n1. The first-order valence-electron chi connectivity index (χ1n) is 10.4. The van der Waals surface area contributed by atoms with Crippen LogP contribution in [0.2, 0.25) is 0 Å². The summed E-state index contributed by atoms with van der Waals surface area (Å²) in [6.45, 7) is 0. The molecule has 1 amide bonds. The molecular formula is C25H22N4O2S3. The molecule has 6 nitrogen and oxygen atoms in total. The van der Waals surface area contributed by atoms with Gasteiger partial charge in [0.1, 0.15) is 5.75 Å². The van der Waals surface area contributed by atoms with Gasteiger partial charge in [-0.15, -0.1) is 23.1 Å². The third-order valence-corrected chi connectivity index (χ3v) is 6.58. The summed E-state index contributed by atoms with van der Waals surface area (Å²) in [7, 11) is 1.63. The van der Waals surface area contributed by atoms with Crippen LogP contribution < -0.4 is 20.7 Å². The third-order valence-electron chi connectivity index (χ3n) is 4.63. The van der Waals surface area contributed by atoms with Gasteiger partial charge in [-0.2, -0.15) is 0 Å². The average molecular weight is 507 g/mol. The molecule has 3 aromatic carbocycles. The van der Waals surface area contributed by atoms with Gasteiger partial charge in [0.25, 0.3) is 0 Å². The molecule has 9 heteroatoms. The molecule has 0 fully saturated rings. The minimum Gasteiger partial charge on any atom is -0.496 e. The first-order valence-corrected chi connectivity index (χ1v) is 12.6. The highest BCUT2D eigenvalue weighted by molar-refractivity contribution is 8.00. The van der Waals surface area contributed by atoms with Crippen molar-refractivity contribution in [2.24, 2.45) is 0 Å². The van der Waals surface area contributed by atoms with Crippen LogP contribution in [0.1, 0.15) is 0 Å². The third kappa shape index (κ3) is 6.57. The number of thiazole rings is 1. The fourth-order valence-electron chi connectivity index (χ4n) is 3.09. The summed E-state index contributed by atoms with van der Waals surface area (Å²) in [6.07, 6.45) is 0. The van der Waals surface area contributed by atoms with Gasteiger partial charge < -0.3 is 20.7 Å². The molecular weight excluding hydrogens is 485 g/mol. The van der Waals surface area contributed by atoms with Crippen LogP contribution in [0.5, 0.6) is 5.75 Å². The van der Waals surface area contributed by atoms with Gasteiger partial charge in [-0.25, -0.2) is 4.98 Å². The van der Waals surface area contributed by atoms with Crippen LogP contribution in [0.3, 0.4) is 0 Å². The Morgan fingerprint density at radius 2 is 1.71 bits per heavy atom. The van der Waals surface area contributed by atoms with Crippen LogP contribution in [0.4, 0.5) is 16.5 Å². The summed E-state index contributed by atoms with van der Waals surface area (Å²) in [5.74, 6) is 0.887. The molecule has 0 aliphatic carbocycles. The zero-order valence-electron chi connectivity index (χ0n) is 18.3. The van der Waals surface area contributed by atoms with Crippen LogP contribution in [0, 0.1) is 0 Å². The van der Waals surface area contributed by atoms with Gasteiger partial charge in [0.05, 0.1) is 18.6 Å². The minimum atomic E-state index is -0.120. The molecule has 0 saturated carbocycles. The van der Waals surface area contributed by atoms with E-state index in [1.165, 1.54) is 23.1 Å². The Kier molecular flexibility index (Phi) is 8.13. The normalized spacial score (nSPS) is 10.4. The molecule has 0 unspecified atom stereocenters. The molecule has 1 aromatic heterocycles. The predicted octanol–water partition coefficient (Wildman–Crippen LogP) is 6.36. The Bertz CT molecular complexity index is 1280. The van der Waals surface area contributed by atoms with Crippen molar-refractivity contribution < 1.29 is 9.53 Å². The molecule has 0 bridgehead atoms. The molecule has 0 atom stereocenters. The van der Waals surface area contributed by atoms with Crippen LogP contribution in [-0.4, -0.2) is 28.9 Å². The lowest BCUT2D eigenvalue weighted by molar-refractivity contribution is -0.113. The number of aromatic nitrogens is 1. The zero-order chi connectivity index (χ0) is 23.8. The number of hydrogen-bond acceptors (Lipinski definition) is 6. The van der Waals surface area contributed by atoms with Crippen LogP contribution in [0.15, 0.2) is 89.1 Å². The number of methoxy groups -OCH3 is 1. The number of carbonyl (C=O) groups is 1. The fraction of sp³-hybridized carbons (Fsp3) is 0.0800. The molecule has 0 aliphatic heterocycles. The average Bonchev–Trinajstić information content (AvgIpc) is 3.31. The molecule has 4 rings (SSSR count).